The Balaban J connectivity index is 1.63. The molecule has 0 amide bonds. The van der Waals surface area contributed by atoms with E-state index in [4.69, 9.17) is 5.73 Å². The van der Waals surface area contributed by atoms with Gasteiger partial charge in [0.2, 0.25) is 0 Å². The molecule has 0 spiro atoms. The largest absolute Gasteiger partial charge is 0.370 e. The molecule has 0 aliphatic heterocycles. The second-order valence-electron chi connectivity index (χ2n) is 5.65. The highest BCUT2D eigenvalue weighted by Crippen LogP contribution is 2.27. The van der Waals surface area contributed by atoms with E-state index in [2.05, 4.69) is 33.5 Å². The average Bonchev–Trinajstić information content (AvgIpc) is 2.93. The molecule has 0 radical (unpaired) electrons. The van der Waals surface area contributed by atoms with Crippen LogP contribution in [0.4, 0.5) is 5.69 Å². The fraction of sp³-hybridized carbons (Fsp3) is 0.412. The number of fused-ring (bicyclic) bond motifs is 1. The summed E-state index contributed by atoms with van der Waals surface area (Å²) >= 11 is 1.68. The first-order chi connectivity index (χ1) is 10.7. The molecule has 3 rings (SSSR count). The maximum Gasteiger partial charge on any atom is 0.193 e. The van der Waals surface area contributed by atoms with E-state index in [1.807, 2.05) is 12.4 Å². The van der Waals surface area contributed by atoms with Crippen molar-refractivity contribution in [3.8, 4) is 0 Å². The van der Waals surface area contributed by atoms with Gasteiger partial charge in [-0.1, -0.05) is 12.1 Å². The SMILES string of the molecule is Cc1ncsc1CCN=C(N)Nc1cccc2c1CCCC2. The Kier molecular flexibility index (Phi) is 4.73. The van der Waals surface area contributed by atoms with Crippen molar-refractivity contribution >= 4 is 23.0 Å². The number of aromatic nitrogens is 1. The van der Waals surface area contributed by atoms with E-state index < -0.39 is 0 Å². The number of aryl methyl sites for hydroxylation is 2. The summed E-state index contributed by atoms with van der Waals surface area (Å²) in [5, 5.41) is 3.28. The zero-order valence-corrected chi connectivity index (χ0v) is 13.7. The molecule has 1 heterocycles. The topological polar surface area (TPSA) is 63.3 Å². The Morgan fingerprint density at radius 2 is 2.23 bits per heavy atom. The van der Waals surface area contributed by atoms with Gasteiger partial charge in [-0.2, -0.15) is 0 Å². The highest BCUT2D eigenvalue weighted by atomic mass is 32.1. The molecule has 1 aromatic carbocycles. The number of benzene rings is 1. The van der Waals surface area contributed by atoms with E-state index in [1.165, 1.54) is 35.3 Å². The van der Waals surface area contributed by atoms with Gasteiger partial charge in [0.15, 0.2) is 5.96 Å². The second kappa shape index (κ2) is 6.92. The molecule has 2 aromatic rings. The summed E-state index contributed by atoms with van der Waals surface area (Å²) in [6.45, 7) is 2.73. The fourth-order valence-corrected chi connectivity index (χ4v) is 3.69. The molecule has 1 aliphatic rings. The molecule has 116 valence electrons. The molecule has 0 fully saturated rings. The zero-order valence-electron chi connectivity index (χ0n) is 12.9. The van der Waals surface area contributed by atoms with Gasteiger partial charge in [0.1, 0.15) is 0 Å². The summed E-state index contributed by atoms with van der Waals surface area (Å²) in [6, 6.07) is 6.42. The lowest BCUT2D eigenvalue weighted by Crippen LogP contribution is -2.24. The molecule has 4 nitrogen and oxygen atoms in total. The number of hydrogen-bond acceptors (Lipinski definition) is 3. The zero-order chi connectivity index (χ0) is 15.4. The van der Waals surface area contributed by atoms with Crippen LogP contribution in [0.25, 0.3) is 0 Å². The molecular weight excluding hydrogens is 292 g/mol. The highest BCUT2D eigenvalue weighted by Gasteiger charge is 2.13. The van der Waals surface area contributed by atoms with Gasteiger partial charge in [0, 0.05) is 23.5 Å². The van der Waals surface area contributed by atoms with Crippen molar-refractivity contribution in [1.82, 2.24) is 4.98 Å². The minimum atomic E-state index is 0.501. The van der Waals surface area contributed by atoms with E-state index in [9.17, 15) is 0 Å². The van der Waals surface area contributed by atoms with Crippen molar-refractivity contribution < 1.29 is 0 Å². The van der Waals surface area contributed by atoms with Crippen molar-refractivity contribution in [2.45, 2.75) is 39.0 Å². The second-order valence-corrected chi connectivity index (χ2v) is 6.59. The number of aliphatic imine (C=N–C) groups is 1. The predicted octanol–water partition coefficient (Wildman–Crippen LogP) is 3.30. The van der Waals surface area contributed by atoms with Crippen molar-refractivity contribution in [1.29, 1.82) is 0 Å². The van der Waals surface area contributed by atoms with Crippen molar-refractivity contribution in [2.75, 3.05) is 11.9 Å². The van der Waals surface area contributed by atoms with Gasteiger partial charge in [-0.05, 0) is 49.8 Å². The van der Waals surface area contributed by atoms with Crippen LogP contribution in [0.15, 0.2) is 28.7 Å². The lowest BCUT2D eigenvalue weighted by Gasteiger charge is -2.19. The third kappa shape index (κ3) is 3.47. The van der Waals surface area contributed by atoms with Crippen LogP contribution >= 0.6 is 11.3 Å². The summed E-state index contributed by atoms with van der Waals surface area (Å²) in [5.74, 6) is 0.501. The van der Waals surface area contributed by atoms with Gasteiger partial charge in [0.25, 0.3) is 0 Å². The van der Waals surface area contributed by atoms with Crippen LogP contribution in [0.5, 0.6) is 0 Å². The van der Waals surface area contributed by atoms with Crippen LogP contribution in [0.3, 0.4) is 0 Å². The number of nitrogens with zero attached hydrogens (tertiary/aromatic N) is 2. The van der Waals surface area contributed by atoms with Gasteiger partial charge in [-0.25, -0.2) is 4.98 Å². The van der Waals surface area contributed by atoms with Crippen LogP contribution in [0, 0.1) is 6.92 Å². The van der Waals surface area contributed by atoms with Crippen molar-refractivity contribution in [3.05, 3.63) is 45.4 Å². The molecule has 3 N–H and O–H groups in total. The smallest absolute Gasteiger partial charge is 0.193 e. The van der Waals surface area contributed by atoms with Crippen LogP contribution in [0.1, 0.15) is 34.5 Å². The monoisotopic (exact) mass is 314 g/mol. The molecule has 1 aliphatic carbocycles. The third-order valence-corrected chi connectivity index (χ3v) is 5.12. The standard InChI is InChI=1S/C17H22N4S/c1-12-16(22-11-20-12)9-10-19-17(18)21-15-8-4-6-13-5-2-3-7-14(13)15/h4,6,8,11H,2-3,5,7,9-10H2,1H3,(H3,18,19,21). The number of guanidine groups is 1. The number of hydrogen-bond donors (Lipinski definition) is 2. The first-order valence-corrected chi connectivity index (χ1v) is 8.68. The molecule has 0 unspecified atom stereocenters. The molecular formula is C17H22N4S. The van der Waals surface area contributed by atoms with E-state index in [0.29, 0.717) is 12.5 Å². The van der Waals surface area contributed by atoms with E-state index in [0.717, 1.165) is 24.2 Å². The molecule has 0 saturated carbocycles. The molecule has 5 heteroatoms. The minimum absolute atomic E-state index is 0.501. The van der Waals surface area contributed by atoms with Gasteiger partial charge in [-0.3, -0.25) is 4.99 Å². The number of thiazole rings is 1. The number of anilines is 1. The van der Waals surface area contributed by atoms with Gasteiger partial charge in [0.05, 0.1) is 11.2 Å². The third-order valence-electron chi connectivity index (χ3n) is 4.12. The summed E-state index contributed by atoms with van der Waals surface area (Å²) in [5.41, 5.74) is 13.0. The first kappa shape index (κ1) is 15.0. The first-order valence-electron chi connectivity index (χ1n) is 7.80. The lowest BCUT2D eigenvalue weighted by molar-refractivity contribution is 0.687. The van der Waals surface area contributed by atoms with Crippen molar-refractivity contribution in [3.63, 3.8) is 0 Å². The quantitative estimate of drug-likeness (QED) is 0.672. The average molecular weight is 314 g/mol. The minimum Gasteiger partial charge on any atom is -0.370 e. The van der Waals surface area contributed by atoms with E-state index in [1.54, 1.807) is 11.3 Å². The summed E-state index contributed by atoms with van der Waals surface area (Å²) < 4.78 is 0. The molecule has 22 heavy (non-hydrogen) atoms. The Bertz CT molecular complexity index is 675. The van der Waals surface area contributed by atoms with Gasteiger partial charge in [-0.15, -0.1) is 11.3 Å². The Labute approximate surface area is 135 Å². The maximum atomic E-state index is 6.04. The molecule has 1 aromatic heterocycles. The van der Waals surface area contributed by atoms with Gasteiger partial charge >= 0.3 is 0 Å². The van der Waals surface area contributed by atoms with Crippen LogP contribution in [-0.4, -0.2) is 17.5 Å². The Hall–Kier alpha value is -1.88. The summed E-state index contributed by atoms with van der Waals surface area (Å²) in [4.78, 5) is 9.99. The predicted molar refractivity (Wildman–Crippen MR) is 93.8 cm³/mol. The summed E-state index contributed by atoms with van der Waals surface area (Å²) in [7, 11) is 0. The van der Waals surface area contributed by atoms with E-state index in [-0.39, 0.29) is 0 Å². The lowest BCUT2D eigenvalue weighted by atomic mass is 9.90. The number of nitrogens with two attached hydrogens (primary N) is 1. The molecule has 0 bridgehead atoms. The Morgan fingerprint density at radius 1 is 1.36 bits per heavy atom. The van der Waals surface area contributed by atoms with Gasteiger partial charge < -0.3 is 11.1 Å². The molecule has 0 saturated heterocycles. The number of rotatable bonds is 4. The number of nitrogens with one attached hydrogen (secondary N) is 1. The van der Waals surface area contributed by atoms with Crippen LogP contribution in [0.2, 0.25) is 0 Å². The Morgan fingerprint density at radius 3 is 3.05 bits per heavy atom. The van der Waals surface area contributed by atoms with Crippen LogP contribution < -0.4 is 11.1 Å². The van der Waals surface area contributed by atoms with Crippen LogP contribution in [-0.2, 0) is 19.3 Å². The van der Waals surface area contributed by atoms with Crippen molar-refractivity contribution in [2.24, 2.45) is 10.7 Å². The normalized spacial score (nSPS) is 14.7. The van der Waals surface area contributed by atoms with E-state index >= 15 is 0 Å². The highest BCUT2D eigenvalue weighted by molar-refractivity contribution is 7.09. The fourth-order valence-electron chi connectivity index (χ4n) is 2.92. The molecule has 0 atom stereocenters. The maximum absolute atomic E-state index is 6.04. The summed E-state index contributed by atoms with van der Waals surface area (Å²) in [6.07, 6.45) is 5.74.